The van der Waals surface area contributed by atoms with Gasteiger partial charge in [-0.3, -0.25) is 4.90 Å². The smallest absolute Gasteiger partial charge is 0.140 e. The van der Waals surface area contributed by atoms with Gasteiger partial charge >= 0.3 is 0 Å². The highest BCUT2D eigenvalue weighted by molar-refractivity contribution is 5.33. The summed E-state index contributed by atoms with van der Waals surface area (Å²) < 4.78 is 5.50. The molecule has 17 heavy (non-hydrogen) atoms. The van der Waals surface area contributed by atoms with Gasteiger partial charge in [0.15, 0.2) is 0 Å². The third kappa shape index (κ3) is 2.94. The first-order chi connectivity index (χ1) is 8.12. The Morgan fingerprint density at radius 2 is 2.35 bits per heavy atom. The van der Waals surface area contributed by atoms with E-state index in [1.54, 1.807) is 0 Å². The molecule has 94 valence electrons. The van der Waals surface area contributed by atoms with E-state index in [9.17, 15) is 0 Å². The van der Waals surface area contributed by atoms with Crippen LogP contribution in [0.1, 0.15) is 19.5 Å². The van der Waals surface area contributed by atoms with E-state index in [0.717, 1.165) is 32.0 Å². The molecule has 1 aromatic heterocycles. The van der Waals surface area contributed by atoms with Gasteiger partial charge in [-0.2, -0.15) is 0 Å². The molecule has 5 nitrogen and oxygen atoms in total. The van der Waals surface area contributed by atoms with Crippen molar-refractivity contribution in [2.75, 3.05) is 25.2 Å². The zero-order valence-electron chi connectivity index (χ0n) is 10.4. The molecule has 0 atom stereocenters. The Kier molecular flexibility index (Phi) is 3.61. The van der Waals surface area contributed by atoms with Crippen LogP contribution in [0.3, 0.4) is 0 Å². The summed E-state index contributed by atoms with van der Waals surface area (Å²) in [4.78, 5) is 6.82. The minimum atomic E-state index is 0.0616. The summed E-state index contributed by atoms with van der Waals surface area (Å²) >= 11 is 0. The maximum atomic E-state index is 5.50. The number of aromatic nitrogens is 1. The number of anilines is 1. The van der Waals surface area contributed by atoms with E-state index < -0.39 is 0 Å². The van der Waals surface area contributed by atoms with Crippen LogP contribution in [0.2, 0.25) is 0 Å². The molecular formula is C12H20N4O. The number of pyridine rings is 1. The van der Waals surface area contributed by atoms with Crippen molar-refractivity contribution in [2.24, 2.45) is 5.84 Å². The Balaban J connectivity index is 2.08. The van der Waals surface area contributed by atoms with Gasteiger partial charge in [-0.25, -0.2) is 10.8 Å². The minimum Gasteiger partial charge on any atom is -0.378 e. The summed E-state index contributed by atoms with van der Waals surface area (Å²) in [6.07, 6.45) is 0. The standard InChI is InChI=1S/C12H20N4O/c1-12(2)9-17-7-6-16(12)8-10-4-3-5-11(14-10)15-13/h3-5H,6-9,13H2,1-2H3,(H,14,15). The fourth-order valence-electron chi connectivity index (χ4n) is 2.03. The van der Waals surface area contributed by atoms with Crippen LogP contribution in [0.4, 0.5) is 5.82 Å². The van der Waals surface area contributed by atoms with E-state index >= 15 is 0 Å². The average molecular weight is 236 g/mol. The first kappa shape index (κ1) is 12.3. The SMILES string of the molecule is CC1(C)COCCN1Cc1cccc(NN)n1. The predicted molar refractivity (Wildman–Crippen MR) is 67.4 cm³/mol. The average Bonchev–Trinajstić information content (AvgIpc) is 2.32. The second-order valence-corrected chi connectivity index (χ2v) is 4.95. The van der Waals surface area contributed by atoms with Crippen LogP contribution < -0.4 is 11.3 Å². The zero-order chi connectivity index (χ0) is 12.3. The highest BCUT2D eigenvalue weighted by atomic mass is 16.5. The van der Waals surface area contributed by atoms with Crippen molar-refractivity contribution in [3.05, 3.63) is 23.9 Å². The van der Waals surface area contributed by atoms with Crippen molar-refractivity contribution in [3.8, 4) is 0 Å². The van der Waals surface area contributed by atoms with Crippen LogP contribution in [0, 0.1) is 0 Å². The monoisotopic (exact) mass is 236 g/mol. The number of nitrogens with one attached hydrogen (secondary N) is 1. The van der Waals surface area contributed by atoms with Crippen molar-refractivity contribution in [3.63, 3.8) is 0 Å². The van der Waals surface area contributed by atoms with Gasteiger partial charge in [0.05, 0.1) is 18.9 Å². The molecule has 1 aliphatic rings. The summed E-state index contributed by atoms with van der Waals surface area (Å²) in [7, 11) is 0. The van der Waals surface area contributed by atoms with Gasteiger partial charge in [-0.1, -0.05) is 6.07 Å². The number of ether oxygens (including phenoxy) is 1. The number of morpholine rings is 1. The fourth-order valence-corrected chi connectivity index (χ4v) is 2.03. The summed E-state index contributed by atoms with van der Waals surface area (Å²) in [5.41, 5.74) is 3.66. The van der Waals surface area contributed by atoms with Gasteiger partial charge in [0.2, 0.25) is 0 Å². The summed E-state index contributed by atoms with van der Waals surface area (Å²) in [5.74, 6) is 6.06. The van der Waals surface area contributed by atoms with Crippen LogP contribution in [0.15, 0.2) is 18.2 Å². The lowest BCUT2D eigenvalue weighted by molar-refractivity contribution is -0.0557. The molecule has 0 saturated carbocycles. The number of hydrogen-bond donors (Lipinski definition) is 2. The molecule has 0 unspecified atom stereocenters. The Hall–Kier alpha value is -1.17. The molecule has 0 aromatic carbocycles. The topological polar surface area (TPSA) is 63.4 Å². The number of rotatable bonds is 3. The molecule has 3 N–H and O–H groups in total. The first-order valence-electron chi connectivity index (χ1n) is 5.87. The lowest BCUT2D eigenvalue weighted by Gasteiger charge is -2.41. The largest absolute Gasteiger partial charge is 0.378 e. The van der Waals surface area contributed by atoms with E-state index in [4.69, 9.17) is 10.6 Å². The Bertz CT molecular complexity index is 381. The van der Waals surface area contributed by atoms with Crippen molar-refractivity contribution in [1.29, 1.82) is 0 Å². The van der Waals surface area contributed by atoms with Crippen LogP contribution in [0.5, 0.6) is 0 Å². The number of nitrogens with two attached hydrogens (primary N) is 1. The first-order valence-corrected chi connectivity index (χ1v) is 5.87. The van der Waals surface area contributed by atoms with Gasteiger partial charge in [0, 0.05) is 18.6 Å². The Labute approximate surface area is 102 Å². The molecule has 0 aliphatic carbocycles. The van der Waals surface area contributed by atoms with Crippen LogP contribution >= 0.6 is 0 Å². The quantitative estimate of drug-likeness (QED) is 0.605. The third-order valence-electron chi connectivity index (χ3n) is 3.12. The third-order valence-corrected chi connectivity index (χ3v) is 3.12. The van der Waals surface area contributed by atoms with E-state index in [1.165, 1.54) is 0 Å². The molecule has 1 aromatic rings. The number of hydrazine groups is 1. The number of hydrogen-bond acceptors (Lipinski definition) is 5. The molecular weight excluding hydrogens is 216 g/mol. The zero-order valence-corrected chi connectivity index (χ0v) is 10.4. The molecule has 2 heterocycles. The lowest BCUT2D eigenvalue weighted by atomic mass is 10.0. The van der Waals surface area contributed by atoms with E-state index in [2.05, 4.69) is 29.2 Å². The van der Waals surface area contributed by atoms with E-state index in [-0.39, 0.29) is 5.54 Å². The maximum Gasteiger partial charge on any atom is 0.140 e. The van der Waals surface area contributed by atoms with Crippen molar-refractivity contribution >= 4 is 5.82 Å². The molecule has 0 bridgehead atoms. The fraction of sp³-hybridized carbons (Fsp3) is 0.583. The molecule has 1 fully saturated rings. The number of nitrogens with zero attached hydrogens (tertiary/aromatic N) is 2. The Morgan fingerprint density at radius 1 is 1.53 bits per heavy atom. The number of nitrogen functional groups attached to an aromatic ring is 1. The highest BCUT2D eigenvalue weighted by Crippen LogP contribution is 2.21. The van der Waals surface area contributed by atoms with Crippen molar-refractivity contribution in [2.45, 2.75) is 25.9 Å². The Morgan fingerprint density at radius 3 is 3.06 bits per heavy atom. The minimum absolute atomic E-state index is 0.0616. The van der Waals surface area contributed by atoms with Crippen LogP contribution in [-0.4, -0.2) is 35.2 Å². The molecule has 1 saturated heterocycles. The molecule has 1 aliphatic heterocycles. The van der Waals surface area contributed by atoms with Crippen LogP contribution in [-0.2, 0) is 11.3 Å². The van der Waals surface area contributed by atoms with Gasteiger partial charge in [-0.05, 0) is 26.0 Å². The van der Waals surface area contributed by atoms with Gasteiger partial charge in [0.1, 0.15) is 5.82 Å². The highest BCUT2D eigenvalue weighted by Gasteiger charge is 2.30. The molecule has 0 amide bonds. The molecule has 0 radical (unpaired) electrons. The van der Waals surface area contributed by atoms with Gasteiger partial charge in [0.25, 0.3) is 0 Å². The molecule has 2 rings (SSSR count). The van der Waals surface area contributed by atoms with E-state index in [0.29, 0.717) is 5.82 Å². The van der Waals surface area contributed by atoms with Gasteiger partial charge in [-0.15, -0.1) is 0 Å². The molecule has 0 spiro atoms. The van der Waals surface area contributed by atoms with E-state index in [1.807, 2.05) is 18.2 Å². The van der Waals surface area contributed by atoms with Crippen molar-refractivity contribution in [1.82, 2.24) is 9.88 Å². The van der Waals surface area contributed by atoms with Crippen LogP contribution in [0.25, 0.3) is 0 Å². The normalized spacial score (nSPS) is 20.2. The lowest BCUT2D eigenvalue weighted by Crippen LogP contribution is -2.52. The summed E-state index contributed by atoms with van der Waals surface area (Å²) in [6.45, 7) is 7.70. The maximum absolute atomic E-state index is 5.50. The summed E-state index contributed by atoms with van der Waals surface area (Å²) in [5, 5.41) is 0. The second-order valence-electron chi connectivity index (χ2n) is 4.95. The predicted octanol–water partition coefficient (Wildman–Crippen LogP) is 0.978. The summed E-state index contributed by atoms with van der Waals surface area (Å²) in [6, 6.07) is 5.84. The second kappa shape index (κ2) is 5.00. The molecule has 5 heteroatoms. The van der Waals surface area contributed by atoms with Gasteiger partial charge < -0.3 is 10.2 Å². The van der Waals surface area contributed by atoms with Crippen molar-refractivity contribution < 1.29 is 4.74 Å².